The average molecular weight is 471 g/mol. The van der Waals surface area contributed by atoms with Gasteiger partial charge in [0.2, 0.25) is 5.89 Å². The van der Waals surface area contributed by atoms with Gasteiger partial charge in [-0.25, -0.2) is 19.7 Å². The van der Waals surface area contributed by atoms with Crippen molar-refractivity contribution in [3.05, 3.63) is 52.9 Å². The normalized spacial score (nSPS) is 10.8. The van der Waals surface area contributed by atoms with E-state index in [0.717, 1.165) is 11.3 Å². The third-order valence-electron chi connectivity index (χ3n) is 4.17. The maximum Gasteiger partial charge on any atom is 0.358 e. The van der Waals surface area contributed by atoms with Crippen LogP contribution in [0.3, 0.4) is 0 Å². The van der Waals surface area contributed by atoms with Crippen LogP contribution in [0.2, 0.25) is 0 Å². The van der Waals surface area contributed by atoms with E-state index in [1.807, 2.05) is 24.4 Å². The SMILES string of the molecule is CCCN(Cc1nnc(-c2cccs2)o1)C(=O)COC(=O)c1csc(-c2ncccn2)n1. The van der Waals surface area contributed by atoms with Gasteiger partial charge in [0.15, 0.2) is 23.1 Å². The Hall–Kier alpha value is -3.51. The molecule has 32 heavy (non-hydrogen) atoms. The minimum absolute atomic E-state index is 0.102. The predicted molar refractivity (Wildman–Crippen MR) is 117 cm³/mol. The number of carbonyl (C=O) groups excluding carboxylic acids is 2. The van der Waals surface area contributed by atoms with Gasteiger partial charge in [-0.3, -0.25) is 4.79 Å². The van der Waals surface area contributed by atoms with E-state index in [1.165, 1.54) is 27.6 Å². The zero-order valence-corrected chi connectivity index (χ0v) is 18.6. The molecule has 4 rings (SSSR count). The molecule has 4 aromatic heterocycles. The molecule has 4 aromatic rings. The summed E-state index contributed by atoms with van der Waals surface area (Å²) in [6.45, 7) is 2.12. The van der Waals surface area contributed by atoms with Crippen LogP contribution in [0.4, 0.5) is 0 Å². The van der Waals surface area contributed by atoms with Crippen molar-refractivity contribution < 1.29 is 18.7 Å². The zero-order chi connectivity index (χ0) is 22.3. The van der Waals surface area contributed by atoms with Gasteiger partial charge in [-0.05, 0) is 23.9 Å². The highest BCUT2D eigenvalue weighted by Gasteiger charge is 2.21. The van der Waals surface area contributed by atoms with Gasteiger partial charge >= 0.3 is 5.97 Å². The first-order valence-electron chi connectivity index (χ1n) is 9.68. The Kier molecular flexibility index (Phi) is 6.92. The Bertz CT molecular complexity index is 1180. The van der Waals surface area contributed by atoms with E-state index in [0.29, 0.717) is 29.2 Å². The minimum Gasteiger partial charge on any atom is -0.451 e. The van der Waals surface area contributed by atoms with E-state index in [2.05, 4.69) is 25.1 Å². The first-order valence-corrected chi connectivity index (χ1v) is 11.4. The maximum absolute atomic E-state index is 12.7. The molecule has 0 saturated heterocycles. The van der Waals surface area contributed by atoms with Crippen molar-refractivity contribution >= 4 is 34.6 Å². The maximum atomic E-state index is 12.7. The van der Waals surface area contributed by atoms with Crippen LogP contribution in [0.25, 0.3) is 21.6 Å². The van der Waals surface area contributed by atoms with Crippen molar-refractivity contribution in [2.24, 2.45) is 0 Å². The molecule has 0 atom stereocenters. The summed E-state index contributed by atoms with van der Waals surface area (Å²) in [5, 5.41) is 12.0. The average Bonchev–Trinajstić information content (AvgIpc) is 3.59. The second-order valence-electron chi connectivity index (χ2n) is 6.48. The molecular formula is C20H18N6O4S2. The van der Waals surface area contributed by atoms with E-state index in [4.69, 9.17) is 9.15 Å². The van der Waals surface area contributed by atoms with Crippen LogP contribution in [0.1, 0.15) is 29.7 Å². The first kappa shape index (κ1) is 21.7. The number of nitrogens with zero attached hydrogens (tertiary/aromatic N) is 6. The highest BCUT2D eigenvalue weighted by atomic mass is 32.1. The summed E-state index contributed by atoms with van der Waals surface area (Å²) in [7, 11) is 0. The molecule has 12 heteroatoms. The van der Waals surface area contributed by atoms with Gasteiger partial charge in [-0.15, -0.1) is 32.9 Å². The summed E-state index contributed by atoms with van der Waals surface area (Å²) < 4.78 is 10.8. The molecule has 4 heterocycles. The lowest BCUT2D eigenvalue weighted by molar-refractivity contribution is -0.135. The fourth-order valence-electron chi connectivity index (χ4n) is 2.71. The minimum atomic E-state index is -0.689. The van der Waals surface area contributed by atoms with E-state index >= 15 is 0 Å². The van der Waals surface area contributed by atoms with Crippen molar-refractivity contribution in [1.82, 2.24) is 30.0 Å². The summed E-state index contributed by atoms with van der Waals surface area (Å²) >= 11 is 2.71. The number of amides is 1. The molecule has 0 unspecified atom stereocenters. The molecule has 0 aliphatic carbocycles. The number of hydrogen-bond donors (Lipinski definition) is 0. The molecule has 0 radical (unpaired) electrons. The third kappa shape index (κ3) is 5.21. The predicted octanol–water partition coefficient (Wildman–Crippen LogP) is 3.31. The molecule has 10 nitrogen and oxygen atoms in total. The molecule has 0 saturated carbocycles. The van der Waals surface area contributed by atoms with Gasteiger partial charge in [0.05, 0.1) is 11.4 Å². The second-order valence-corrected chi connectivity index (χ2v) is 8.29. The summed E-state index contributed by atoms with van der Waals surface area (Å²) in [4.78, 5) is 39.8. The van der Waals surface area contributed by atoms with Gasteiger partial charge in [0.25, 0.3) is 11.8 Å². The molecule has 0 N–H and O–H groups in total. The molecular weight excluding hydrogens is 452 g/mol. The Morgan fingerprint density at radius 2 is 2.00 bits per heavy atom. The molecule has 0 aliphatic rings. The Balaban J connectivity index is 1.35. The highest BCUT2D eigenvalue weighted by Crippen LogP contribution is 2.23. The van der Waals surface area contributed by atoms with E-state index < -0.39 is 12.6 Å². The largest absolute Gasteiger partial charge is 0.451 e. The summed E-state index contributed by atoms with van der Waals surface area (Å²) in [6, 6.07) is 5.46. The number of rotatable bonds is 9. The standard InChI is InChI=1S/C20H18N6O4S2/c1-2-8-26(10-15-24-25-18(30-15)14-5-3-9-31-14)16(27)11-29-20(28)13-12-32-19(23-13)17-21-6-4-7-22-17/h3-7,9,12H,2,8,10-11H2,1H3. The lowest BCUT2D eigenvalue weighted by Gasteiger charge is -2.19. The second kappa shape index (κ2) is 10.2. The number of ether oxygens (including phenoxy) is 1. The van der Waals surface area contributed by atoms with Crippen molar-refractivity contribution in [3.8, 4) is 21.6 Å². The van der Waals surface area contributed by atoms with Crippen LogP contribution in [0, 0.1) is 0 Å². The molecule has 0 aliphatic heterocycles. The van der Waals surface area contributed by atoms with Crippen molar-refractivity contribution in [2.75, 3.05) is 13.2 Å². The quantitative estimate of drug-likeness (QED) is 0.339. The number of thiazole rings is 1. The molecule has 0 bridgehead atoms. The lowest BCUT2D eigenvalue weighted by atomic mass is 10.4. The molecule has 1 amide bonds. The van der Waals surface area contributed by atoms with Crippen LogP contribution in [-0.2, 0) is 16.1 Å². The van der Waals surface area contributed by atoms with Crippen LogP contribution in [-0.4, -0.2) is 55.1 Å². The number of aromatic nitrogens is 5. The van der Waals surface area contributed by atoms with Gasteiger partial charge in [-0.1, -0.05) is 13.0 Å². The van der Waals surface area contributed by atoms with Gasteiger partial charge in [0, 0.05) is 24.3 Å². The summed E-state index contributed by atoms with van der Waals surface area (Å²) in [6.07, 6.45) is 3.91. The smallest absolute Gasteiger partial charge is 0.358 e. The zero-order valence-electron chi connectivity index (χ0n) is 17.0. The molecule has 0 spiro atoms. The van der Waals surface area contributed by atoms with Gasteiger partial charge < -0.3 is 14.1 Å². The Labute approximate surface area is 190 Å². The number of hydrogen-bond acceptors (Lipinski definition) is 11. The Morgan fingerprint density at radius 1 is 1.16 bits per heavy atom. The van der Waals surface area contributed by atoms with Gasteiger partial charge in [0.1, 0.15) is 0 Å². The van der Waals surface area contributed by atoms with E-state index in [-0.39, 0.29) is 18.1 Å². The van der Waals surface area contributed by atoms with Crippen molar-refractivity contribution in [2.45, 2.75) is 19.9 Å². The monoisotopic (exact) mass is 470 g/mol. The summed E-state index contributed by atoms with van der Waals surface area (Å²) in [5.41, 5.74) is 0.102. The fourth-order valence-corrected chi connectivity index (χ4v) is 4.09. The Morgan fingerprint density at radius 3 is 2.75 bits per heavy atom. The van der Waals surface area contributed by atoms with Crippen LogP contribution in [0.15, 0.2) is 45.8 Å². The third-order valence-corrected chi connectivity index (χ3v) is 5.86. The van der Waals surface area contributed by atoms with Crippen molar-refractivity contribution in [3.63, 3.8) is 0 Å². The van der Waals surface area contributed by atoms with E-state index in [1.54, 1.807) is 23.8 Å². The van der Waals surface area contributed by atoms with E-state index in [9.17, 15) is 9.59 Å². The first-order chi connectivity index (χ1) is 15.6. The lowest BCUT2D eigenvalue weighted by Crippen LogP contribution is -2.35. The number of esters is 1. The van der Waals surface area contributed by atoms with Crippen LogP contribution >= 0.6 is 22.7 Å². The molecule has 0 fully saturated rings. The topological polar surface area (TPSA) is 124 Å². The molecule has 0 aromatic carbocycles. The van der Waals surface area contributed by atoms with Crippen LogP contribution < -0.4 is 0 Å². The molecule has 164 valence electrons. The van der Waals surface area contributed by atoms with Crippen molar-refractivity contribution in [1.29, 1.82) is 0 Å². The number of thiophene rings is 1. The number of carbonyl (C=O) groups is 2. The van der Waals surface area contributed by atoms with Crippen LogP contribution in [0.5, 0.6) is 0 Å². The highest BCUT2D eigenvalue weighted by molar-refractivity contribution is 7.13. The van der Waals surface area contributed by atoms with Gasteiger partial charge in [-0.2, -0.15) is 0 Å². The summed E-state index contributed by atoms with van der Waals surface area (Å²) in [5.74, 6) is 0.0905. The fraction of sp³-hybridized carbons (Fsp3) is 0.250.